The van der Waals surface area contributed by atoms with E-state index in [0.717, 1.165) is 56.7 Å². The Balaban J connectivity index is 0.000000160. The average Bonchev–Trinajstić information content (AvgIpc) is 1.49. The first kappa shape index (κ1) is 56.2. The molecule has 4 aliphatic rings. The summed E-state index contributed by atoms with van der Waals surface area (Å²) in [5, 5.41) is 17.1. The highest BCUT2D eigenvalue weighted by Gasteiger charge is 2.34. The van der Waals surface area contributed by atoms with Gasteiger partial charge in [0.2, 0.25) is 27.1 Å². The van der Waals surface area contributed by atoms with Crippen LogP contribution in [0.3, 0.4) is 0 Å². The van der Waals surface area contributed by atoms with Crippen LogP contribution in [0.4, 0.5) is 23.5 Å². The number of thiophene rings is 4. The molecule has 608 valence electrons. The van der Waals surface area contributed by atoms with E-state index in [2.05, 4.69) is 29.7 Å². The molecule has 0 amide bonds. The van der Waals surface area contributed by atoms with Crippen LogP contribution in [0.5, 0.6) is 46.0 Å². The Hall–Kier alpha value is -10.2. The Morgan fingerprint density at radius 2 is 0.750 bits per heavy atom. The number of anilines is 4. The number of ketones is 4. The number of carbonyl (C=O) groups is 4. The number of fused-ring (bicyclic) bond motifs is 4. The first-order valence-electron chi connectivity index (χ1n) is 44.5. The van der Waals surface area contributed by atoms with Crippen molar-refractivity contribution >= 4 is 179 Å². The molecule has 44 heteroatoms. The lowest BCUT2D eigenvalue weighted by Gasteiger charge is -2.09. The number of benzene rings is 4. The van der Waals surface area contributed by atoms with Gasteiger partial charge in [0.05, 0.1) is 25.0 Å². The van der Waals surface area contributed by atoms with Gasteiger partial charge in [0.1, 0.15) is 67.9 Å². The third-order valence-corrected chi connectivity index (χ3v) is 26.7. The summed E-state index contributed by atoms with van der Waals surface area (Å²) in [6.07, 6.45) is -7.04. The minimum absolute atomic E-state index is 0.0108. The summed E-state index contributed by atoms with van der Waals surface area (Å²) < 4.78 is 373. The molecule has 0 fully saturated rings. The van der Waals surface area contributed by atoms with E-state index in [-0.39, 0.29) is 70.0 Å². The lowest BCUT2D eigenvalue weighted by atomic mass is 10.0. The van der Waals surface area contributed by atoms with Gasteiger partial charge in [0, 0.05) is 47.5 Å². The molecule has 0 saturated heterocycles. The molecule has 4 N–H and O–H groups in total. The molecule has 0 bridgehead atoms. The van der Waals surface area contributed by atoms with E-state index in [4.69, 9.17) is 129 Å². The number of hydrogen-bond acceptors (Lipinski definition) is 32. The minimum atomic E-state index is -4.84. The van der Waals surface area contributed by atoms with Crippen molar-refractivity contribution in [2.24, 2.45) is 0 Å². The monoisotopic (exact) mass is 1840 g/mol. The van der Waals surface area contributed by atoms with Gasteiger partial charge in [-0.1, -0.05) is 67.0 Å². The molecule has 116 heavy (non-hydrogen) atoms. The number of Topliss-reactive ketones (excluding diaryl/α,β-unsaturated/α-hetero) is 4. The maximum atomic E-state index is 13.6. The second-order valence-electron chi connectivity index (χ2n) is 23.2. The van der Waals surface area contributed by atoms with E-state index in [1.54, 1.807) is 31.2 Å². The van der Waals surface area contributed by atoms with Crippen LogP contribution in [-0.4, -0.2) is 105 Å². The molecule has 2 atom stereocenters. The first-order valence-corrected chi connectivity index (χ1v) is 42.3. The van der Waals surface area contributed by atoms with Gasteiger partial charge in [0.15, 0.2) is 72.0 Å². The maximum absolute atomic E-state index is 13.6. The number of hydrogen-bond donors (Lipinski definition) is 4. The van der Waals surface area contributed by atoms with Gasteiger partial charge < -0.3 is 56.0 Å². The van der Waals surface area contributed by atoms with Crippen molar-refractivity contribution in [2.75, 3.05) is 46.0 Å². The van der Waals surface area contributed by atoms with E-state index >= 15 is 0 Å². The Labute approximate surface area is 732 Å². The topological polar surface area (TPSA) is 431 Å². The molecule has 4 aliphatic heterocycles. The Kier molecular flexibility index (Phi) is 16.5. The lowest BCUT2D eigenvalue weighted by Crippen LogP contribution is -2.16. The number of rotatable bonds is 24. The fourth-order valence-electron chi connectivity index (χ4n) is 9.90. The standard InChI is InChI=1S/4C18H15ClN2O6S2/c4*1-9-5-13-14(26-8-25-13)7-11(9)6-12(22)17-15(3-4-28-17)29(23,24)21-18-16(19)10(2)20-27-18/h4*3-5,7,21H,6,8H2,1-2H3/i1D3,2D3,5D,6D2,7D,8D2;1D3,2D3,5D,6D2,7D,8D;8D;/hD2. The number of nitrogens with zero attached hydrogens (tertiary/aromatic N) is 4. The van der Waals surface area contributed by atoms with Crippen LogP contribution in [0.25, 0.3) is 0 Å². The Bertz CT molecular complexity index is 7620. The van der Waals surface area contributed by atoms with Crippen LogP contribution < -0.4 is 56.8 Å². The molecule has 2 unspecified atom stereocenters. The normalized spacial score (nSPS) is 18.6. The summed E-state index contributed by atoms with van der Waals surface area (Å²) in [4.78, 5) is 49.2. The van der Waals surface area contributed by atoms with Gasteiger partial charge in [-0.25, -0.2) is 52.5 Å². The Morgan fingerprint density at radius 3 is 1.14 bits per heavy atom. The van der Waals surface area contributed by atoms with Crippen molar-refractivity contribution < 1.29 is 145 Å². The molecular formula is C72H60Cl4N8O24S8. The Morgan fingerprint density at radius 1 is 0.422 bits per heavy atom. The average molecular weight is 1850 g/mol. The largest absolute Gasteiger partial charge is 0.454 e. The summed E-state index contributed by atoms with van der Waals surface area (Å²) in [7, 11) is -18.5. The van der Waals surface area contributed by atoms with E-state index < -0.39 is 258 Å². The van der Waals surface area contributed by atoms with Crippen molar-refractivity contribution in [1.82, 2.24) is 20.6 Å². The third-order valence-electron chi connectivity index (χ3n) is 15.5. The highest BCUT2D eigenvalue weighted by atomic mass is 35.5. The zero-order valence-electron chi connectivity index (χ0n) is 84.0. The number of ether oxygens (including phenoxy) is 8. The number of halogens is 4. The fraction of sp³-hybridized carbons (Fsp3) is 0.222. The minimum Gasteiger partial charge on any atom is -0.454 e. The van der Waals surface area contributed by atoms with Crippen LogP contribution in [0, 0.1) is 55.1 Å². The van der Waals surface area contributed by atoms with Crippen LogP contribution in [-0.2, 0) is 65.7 Å². The van der Waals surface area contributed by atoms with Gasteiger partial charge in [-0.15, -0.1) is 45.3 Å². The number of aromatic nitrogens is 4. The molecule has 8 aromatic heterocycles. The molecule has 0 spiro atoms. The molecule has 12 heterocycles. The predicted molar refractivity (Wildman–Crippen MR) is 427 cm³/mol. The smallest absolute Gasteiger partial charge is 0.265 e. The highest BCUT2D eigenvalue weighted by Crippen LogP contribution is 2.42. The summed E-state index contributed by atoms with van der Waals surface area (Å²) in [5.41, 5.74) is -2.64. The molecule has 0 saturated carbocycles. The summed E-state index contributed by atoms with van der Waals surface area (Å²) in [6, 6.07) is 7.02. The van der Waals surface area contributed by atoms with Crippen molar-refractivity contribution in [2.45, 2.75) is 100 Å². The number of sulfonamides is 4. The predicted octanol–water partition coefficient (Wildman–Crippen LogP) is 15.8. The van der Waals surface area contributed by atoms with E-state index in [0.29, 0.717) is 56.8 Å². The van der Waals surface area contributed by atoms with Crippen molar-refractivity contribution in [3.63, 3.8) is 0 Å². The van der Waals surface area contributed by atoms with E-state index in [1.807, 2.05) is 16.4 Å². The second-order valence-corrected chi connectivity index (χ2v) is 34.8. The summed E-state index contributed by atoms with van der Waals surface area (Å²) in [5.74, 6) is -7.52. The zero-order valence-corrected chi connectivity index (χ0v) is 67.5. The number of nitrogens with one attached hydrogen (secondary N) is 4. The quantitative estimate of drug-likeness (QED) is 0.0408. The van der Waals surface area contributed by atoms with Crippen molar-refractivity contribution in [3.8, 4) is 46.0 Å². The maximum Gasteiger partial charge on any atom is 0.265 e. The lowest BCUT2D eigenvalue weighted by molar-refractivity contribution is 0.0985. The zero-order chi connectivity index (χ0) is 105. The SMILES string of the molecule is [2H]C1Oc2cc(C)c(CC(=O)c3sccc3S(=O)(=O)N([2H])c3onc(C)c3Cl)cc2O1.[2H]N(c1onc(C)c1Cl)S(=O)(=O)c1ccsc1C(=O)Cc1cc2c(cc1C)OCO2.[2H]c1c2c(c([2H])c(C([2H])([2H])C(=O)c3sccc3S(=O)(=O)Nc3onc(C([2H])([2H])[2H])c3Cl)c1C([2H])([2H])[2H])OC([2H])([2H])O2.[2H]c1c2c(c([2H])c(C([2H])([2H])C(=O)c3sccc3S(=O)(=O)Nc3onc(C([2H])([2H])[2H])c3Cl)c1C([2H])([2H])[2H])OC([2H])O2. The molecule has 4 aromatic carbocycles. The van der Waals surface area contributed by atoms with Gasteiger partial charge in [-0.2, -0.15) is 0 Å². The van der Waals surface area contributed by atoms with Gasteiger partial charge in [-0.05, 0) is 194 Å². The summed E-state index contributed by atoms with van der Waals surface area (Å²) in [6.45, 7) is -11.4. The third kappa shape index (κ3) is 18.1. The molecular weight excluding hydrogens is 1760 g/mol. The first-order chi connectivity index (χ1) is 65.5. The van der Waals surface area contributed by atoms with E-state index in [1.165, 1.54) is 36.7 Å². The molecule has 0 aliphatic carbocycles. The van der Waals surface area contributed by atoms with Crippen molar-refractivity contribution in [3.05, 3.63) is 201 Å². The van der Waals surface area contributed by atoms with Crippen LogP contribution >= 0.6 is 91.8 Å². The molecule has 32 nitrogen and oxygen atoms in total. The second kappa shape index (κ2) is 34.1. The highest BCUT2D eigenvalue weighted by molar-refractivity contribution is 7.94. The summed E-state index contributed by atoms with van der Waals surface area (Å²) >= 11 is 26.6. The van der Waals surface area contributed by atoms with Crippen LogP contribution in [0.15, 0.2) is 132 Å². The number of carbonyl (C=O) groups excluding carboxylic acids is 4. The van der Waals surface area contributed by atoms with Gasteiger partial charge in [-0.3, -0.25) is 19.2 Å². The van der Waals surface area contributed by atoms with Crippen LogP contribution in [0.1, 0.15) is 139 Å². The molecule has 12 aromatic rings. The number of aryl methyl sites for hydroxylation is 6. The van der Waals surface area contributed by atoms with Gasteiger partial charge in [0.25, 0.3) is 63.6 Å². The molecule has 0 radical (unpaired) electrons. The van der Waals surface area contributed by atoms with Crippen molar-refractivity contribution in [1.29, 1.82) is 0 Å². The molecule has 16 rings (SSSR count). The van der Waals surface area contributed by atoms with Crippen LogP contribution in [0.2, 0.25) is 22.9 Å². The van der Waals surface area contributed by atoms with E-state index in [9.17, 15) is 52.8 Å². The fourth-order valence-corrected chi connectivity index (χ4v) is 19.8. The van der Waals surface area contributed by atoms with Gasteiger partial charge >= 0.3 is 0 Å².